The van der Waals surface area contributed by atoms with Gasteiger partial charge in [0.25, 0.3) is 5.91 Å². The number of benzene rings is 2. The standard InChI is InChI=1S/C17H13N5OS/c23-16(20-17-21-19-11-24-17)15(12-6-2-1-3-7-12)22-10-18-13-8-4-5-9-14(13)22/h1-11,15H,(H,20,21,23)/t15-/m1/s1. The van der Waals surface area contributed by atoms with Gasteiger partial charge >= 0.3 is 0 Å². The van der Waals surface area contributed by atoms with Crippen molar-refractivity contribution >= 4 is 33.4 Å². The van der Waals surface area contributed by atoms with Crippen LogP contribution in [0, 0.1) is 0 Å². The number of hydrogen-bond donors (Lipinski definition) is 1. The zero-order chi connectivity index (χ0) is 16.4. The monoisotopic (exact) mass is 335 g/mol. The van der Waals surface area contributed by atoms with Crippen molar-refractivity contribution in [2.75, 3.05) is 5.32 Å². The Kier molecular flexibility index (Phi) is 3.76. The predicted octanol–water partition coefficient (Wildman–Crippen LogP) is 3.12. The largest absolute Gasteiger partial charge is 0.314 e. The first-order valence-electron chi connectivity index (χ1n) is 7.36. The number of carbonyl (C=O) groups is 1. The van der Waals surface area contributed by atoms with Crippen LogP contribution in [0.15, 0.2) is 66.4 Å². The van der Waals surface area contributed by atoms with Crippen LogP contribution in [-0.2, 0) is 4.79 Å². The van der Waals surface area contributed by atoms with E-state index in [1.165, 1.54) is 11.3 Å². The molecule has 0 aliphatic rings. The van der Waals surface area contributed by atoms with Gasteiger partial charge in [-0.05, 0) is 17.7 Å². The van der Waals surface area contributed by atoms with E-state index >= 15 is 0 Å². The highest BCUT2D eigenvalue weighted by Gasteiger charge is 2.24. The Bertz CT molecular complexity index is 965. The lowest BCUT2D eigenvalue weighted by atomic mass is 10.1. The molecule has 24 heavy (non-hydrogen) atoms. The Labute approximate surface area is 141 Å². The molecular formula is C17H13N5OS. The Morgan fingerprint density at radius 2 is 1.88 bits per heavy atom. The molecule has 118 valence electrons. The SMILES string of the molecule is O=C(Nc1nncs1)[C@@H](c1ccccc1)n1cnc2ccccc21. The third kappa shape index (κ3) is 2.65. The van der Waals surface area contributed by atoms with Gasteiger partial charge in [-0.1, -0.05) is 53.8 Å². The van der Waals surface area contributed by atoms with Crippen LogP contribution in [0.5, 0.6) is 0 Å². The van der Waals surface area contributed by atoms with Crippen LogP contribution in [0.4, 0.5) is 5.13 Å². The first-order valence-corrected chi connectivity index (χ1v) is 8.24. The molecule has 7 heteroatoms. The predicted molar refractivity (Wildman–Crippen MR) is 92.9 cm³/mol. The molecule has 2 aromatic heterocycles. The molecule has 0 fully saturated rings. The maximum absolute atomic E-state index is 12.9. The van der Waals surface area contributed by atoms with Gasteiger partial charge in [-0.15, -0.1) is 10.2 Å². The third-order valence-electron chi connectivity index (χ3n) is 3.71. The summed E-state index contributed by atoms with van der Waals surface area (Å²) in [7, 11) is 0. The van der Waals surface area contributed by atoms with E-state index in [1.54, 1.807) is 11.8 Å². The molecule has 0 bridgehead atoms. The number of aromatic nitrogens is 4. The molecule has 1 atom stereocenters. The minimum atomic E-state index is -0.539. The van der Waals surface area contributed by atoms with Crippen molar-refractivity contribution in [3.63, 3.8) is 0 Å². The molecule has 1 N–H and O–H groups in total. The number of amides is 1. The molecule has 1 amide bonds. The Balaban J connectivity index is 1.80. The van der Waals surface area contributed by atoms with Crippen LogP contribution in [0.2, 0.25) is 0 Å². The molecule has 6 nitrogen and oxygen atoms in total. The summed E-state index contributed by atoms with van der Waals surface area (Å²) in [4.78, 5) is 17.3. The number of nitrogens with zero attached hydrogens (tertiary/aromatic N) is 4. The highest BCUT2D eigenvalue weighted by atomic mass is 32.1. The average molecular weight is 335 g/mol. The van der Waals surface area contributed by atoms with Crippen molar-refractivity contribution < 1.29 is 4.79 Å². The van der Waals surface area contributed by atoms with Gasteiger partial charge in [0, 0.05) is 0 Å². The van der Waals surface area contributed by atoms with E-state index in [9.17, 15) is 4.79 Å². The number of imidazole rings is 1. The average Bonchev–Trinajstić information content (AvgIpc) is 3.27. The van der Waals surface area contributed by atoms with Crippen molar-refractivity contribution in [1.29, 1.82) is 0 Å². The fraction of sp³-hybridized carbons (Fsp3) is 0.0588. The first-order chi connectivity index (χ1) is 11.8. The van der Waals surface area contributed by atoms with Gasteiger partial charge in [0.1, 0.15) is 11.6 Å². The number of rotatable bonds is 4. The van der Waals surface area contributed by atoms with E-state index in [0.717, 1.165) is 16.6 Å². The second kappa shape index (κ2) is 6.21. The van der Waals surface area contributed by atoms with Gasteiger partial charge < -0.3 is 4.57 Å². The van der Waals surface area contributed by atoms with Gasteiger partial charge in [-0.3, -0.25) is 10.1 Å². The fourth-order valence-corrected chi connectivity index (χ4v) is 3.11. The van der Waals surface area contributed by atoms with Gasteiger partial charge in [0.05, 0.1) is 17.4 Å². The molecule has 0 spiro atoms. The lowest BCUT2D eigenvalue weighted by molar-refractivity contribution is -0.118. The van der Waals surface area contributed by atoms with Crippen molar-refractivity contribution in [3.8, 4) is 0 Å². The number of para-hydroxylation sites is 2. The van der Waals surface area contributed by atoms with E-state index in [2.05, 4.69) is 20.5 Å². The number of carbonyl (C=O) groups excluding carboxylic acids is 1. The van der Waals surface area contributed by atoms with Crippen LogP contribution in [-0.4, -0.2) is 25.7 Å². The topological polar surface area (TPSA) is 72.7 Å². The molecule has 0 radical (unpaired) electrons. The molecule has 0 saturated carbocycles. The van der Waals surface area contributed by atoms with Gasteiger partial charge in [-0.25, -0.2) is 4.98 Å². The maximum Gasteiger partial charge on any atom is 0.253 e. The summed E-state index contributed by atoms with van der Waals surface area (Å²) in [6.45, 7) is 0. The van der Waals surface area contributed by atoms with E-state index in [4.69, 9.17) is 0 Å². The van der Waals surface area contributed by atoms with E-state index in [-0.39, 0.29) is 5.91 Å². The van der Waals surface area contributed by atoms with Gasteiger partial charge in [0.2, 0.25) is 5.13 Å². The molecule has 0 unspecified atom stereocenters. The van der Waals surface area contributed by atoms with Crippen LogP contribution in [0.25, 0.3) is 11.0 Å². The summed E-state index contributed by atoms with van der Waals surface area (Å²) in [6.07, 6.45) is 1.70. The van der Waals surface area contributed by atoms with Crippen LogP contribution < -0.4 is 5.32 Å². The Hall–Kier alpha value is -3.06. The summed E-state index contributed by atoms with van der Waals surface area (Å²) in [5.74, 6) is -0.180. The zero-order valence-corrected chi connectivity index (χ0v) is 13.4. The molecule has 0 aliphatic carbocycles. The first kappa shape index (κ1) is 14.5. The van der Waals surface area contributed by atoms with E-state index in [1.807, 2.05) is 59.2 Å². The van der Waals surface area contributed by atoms with E-state index < -0.39 is 6.04 Å². The van der Waals surface area contributed by atoms with Crippen molar-refractivity contribution in [3.05, 3.63) is 72.0 Å². The minimum absolute atomic E-state index is 0.180. The second-order valence-corrected chi connectivity index (χ2v) is 6.02. The Morgan fingerprint density at radius 3 is 2.67 bits per heavy atom. The minimum Gasteiger partial charge on any atom is -0.314 e. The normalized spacial score (nSPS) is 12.2. The summed E-state index contributed by atoms with van der Waals surface area (Å²) in [5.41, 5.74) is 4.21. The summed E-state index contributed by atoms with van der Waals surface area (Å²) < 4.78 is 1.88. The molecule has 2 heterocycles. The number of anilines is 1. The highest BCUT2D eigenvalue weighted by Crippen LogP contribution is 2.25. The van der Waals surface area contributed by atoms with Crippen molar-refractivity contribution in [2.45, 2.75) is 6.04 Å². The lowest BCUT2D eigenvalue weighted by Gasteiger charge is -2.18. The van der Waals surface area contributed by atoms with Gasteiger partial charge in [0.15, 0.2) is 0 Å². The number of fused-ring (bicyclic) bond motifs is 1. The summed E-state index contributed by atoms with van der Waals surface area (Å²) in [6, 6.07) is 16.8. The van der Waals surface area contributed by atoms with Crippen molar-refractivity contribution in [2.24, 2.45) is 0 Å². The van der Waals surface area contributed by atoms with Crippen LogP contribution in [0.1, 0.15) is 11.6 Å². The molecule has 0 aliphatic heterocycles. The quantitative estimate of drug-likeness (QED) is 0.622. The summed E-state index contributed by atoms with van der Waals surface area (Å²) >= 11 is 1.29. The third-order valence-corrected chi connectivity index (χ3v) is 4.32. The fourth-order valence-electron chi connectivity index (χ4n) is 2.66. The summed E-state index contributed by atoms with van der Waals surface area (Å²) in [5, 5.41) is 11.0. The molecule has 0 saturated heterocycles. The van der Waals surface area contributed by atoms with Crippen molar-refractivity contribution in [1.82, 2.24) is 19.7 Å². The molecule has 2 aromatic carbocycles. The lowest BCUT2D eigenvalue weighted by Crippen LogP contribution is -2.26. The van der Waals surface area contributed by atoms with Crippen LogP contribution >= 0.6 is 11.3 Å². The number of nitrogens with one attached hydrogen (secondary N) is 1. The molecule has 4 rings (SSSR count). The number of hydrogen-bond acceptors (Lipinski definition) is 5. The smallest absolute Gasteiger partial charge is 0.253 e. The molecular weight excluding hydrogens is 322 g/mol. The zero-order valence-electron chi connectivity index (χ0n) is 12.5. The van der Waals surface area contributed by atoms with Crippen LogP contribution in [0.3, 0.4) is 0 Å². The Morgan fingerprint density at radius 1 is 1.08 bits per heavy atom. The highest BCUT2D eigenvalue weighted by molar-refractivity contribution is 7.13. The molecule has 4 aromatic rings. The van der Waals surface area contributed by atoms with Gasteiger partial charge in [-0.2, -0.15) is 0 Å². The second-order valence-electron chi connectivity index (χ2n) is 5.19. The maximum atomic E-state index is 12.9. The van der Waals surface area contributed by atoms with E-state index in [0.29, 0.717) is 5.13 Å².